The van der Waals surface area contributed by atoms with E-state index in [-0.39, 0.29) is 27.8 Å². The van der Waals surface area contributed by atoms with Crippen molar-refractivity contribution in [3.8, 4) is 16.9 Å². The molecule has 4 nitrogen and oxygen atoms in total. The standard InChI is InChI=1S/C23H22F3NO3/c1-14-6-5-11-27(12-14)13-17-18(28)10-9-16-20(29)19(15-7-3-2-4-8-15)22(23(24,25)26)30-21(16)17/h2-4,7-10,14,28H,5-6,11-13H2,1H3/p+1/t14-/m0/s1. The molecule has 0 aliphatic carbocycles. The monoisotopic (exact) mass is 418 g/mol. The highest BCUT2D eigenvalue weighted by atomic mass is 19.4. The lowest BCUT2D eigenvalue weighted by molar-refractivity contribution is -0.922. The summed E-state index contributed by atoms with van der Waals surface area (Å²) in [6, 6.07) is 10.4. The molecule has 1 fully saturated rings. The van der Waals surface area contributed by atoms with Crippen LogP contribution in [-0.4, -0.2) is 18.2 Å². The summed E-state index contributed by atoms with van der Waals surface area (Å²) in [5, 5.41) is 10.5. The third-order valence-electron chi connectivity index (χ3n) is 5.75. The van der Waals surface area contributed by atoms with E-state index in [0.717, 1.165) is 30.8 Å². The molecular formula is C23H23F3NO3+. The highest BCUT2D eigenvalue weighted by molar-refractivity contribution is 5.86. The summed E-state index contributed by atoms with van der Waals surface area (Å²) < 4.78 is 47.0. The Balaban J connectivity index is 1.94. The van der Waals surface area contributed by atoms with Crippen LogP contribution in [0, 0.1) is 5.92 Å². The summed E-state index contributed by atoms with van der Waals surface area (Å²) in [6.07, 6.45) is -2.73. The van der Waals surface area contributed by atoms with Gasteiger partial charge in [0.25, 0.3) is 0 Å². The topological polar surface area (TPSA) is 54.9 Å². The Morgan fingerprint density at radius 3 is 2.57 bits per heavy atom. The highest BCUT2D eigenvalue weighted by Gasteiger charge is 2.40. The highest BCUT2D eigenvalue weighted by Crippen LogP contribution is 2.38. The van der Waals surface area contributed by atoms with E-state index in [0.29, 0.717) is 12.5 Å². The summed E-state index contributed by atoms with van der Waals surface area (Å²) >= 11 is 0. The van der Waals surface area contributed by atoms with Gasteiger partial charge in [0.05, 0.1) is 29.6 Å². The van der Waals surface area contributed by atoms with Crippen molar-refractivity contribution in [1.82, 2.24) is 0 Å². The molecule has 1 aliphatic heterocycles. The van der Waals surface area contributed by atoms with Gasteiger partial charge < -0.3 is 14.4 Å². The van der Waals surface area contributed by atoms with Crippen LogP contribution in [0.5, 0.6) is 5.75 Å². The zero-order chi connectivity index (χ0) is 21.5. The molecular weight excluding hydrogens is 395 g/mol. The molecule has 1 aliphatic rings. The van der Waals surface area contributed by atoms with Crippen molar-refractivity contribution in [2.45, 2.75) is 32.5 Å². The largest absolute Gasteiger partial charge is 0.507 e. The summed E-state index contributed by atoms with van der Waals surface area (Å²) in [7, 11) is 0. The van der Waals surface area contributed by atoms with Crippen LogP contribution < -0.4 is 10.3 Å². The predicted molar refractivity (Wildman–Crippen MR) is 107 cm³/mol. The number of aromatic hydroxyl groups is 1. The Kier molecular flexibility index (Phi) is 5.32. The minimum absolute atomic E-state index is 0.0408. The lowest BCUT2D eigenvalue weighted by Crippen LogP contribution is -3.12. The maximum absolute atomic E-state index is 13.9. The van der Waals surface area contributed by atoms with E-state index < -0.39 is 22.9 Å². The van der Waals surface area contributed by atoms with E-state index in [1.807, 2.05) is 0 Å². The minimum atomic E-state index is -4.85. The van der Waals surface area contributed by atoms with Crippen LogP contribution in [0.1, 0.15) is 31.1 Å². The summed E-state index contributed by atoms with van der Waals surface area (Å²) in [4.78, 5) is 14.3. The van der Waals surface area contributed by atoms with Crippen LogP contribution in [-0.2, 0) is 12.7 Å². The van der Waals surface area contributed by atoms with Crippen molar-refractivity contribution < 1.29 is 27.6 Å². The van der Waals surface area contributed by atoms with Crippen LogP contribution in [0.25, 0.3) is 22.1 Å². The lowest BCUT2D eigenvalue weighted by Gasteiger charge is -2.28. The number of quaternary nitrogens is 1. The Hall–Kier alpha value is -2.80. The Morgan fingerprint density at radius 1 is 1.17 bits per heavy atom. The van der Waals surface area contributed by atoms with E-state index in [9.17, 15) is 23.1 Å². The Bertz CT molecular complexity index is 1120. The fourth-order valence-corrected chi connectivity index (χ4v) is 4.35. The molecule has 7 heteroatoms. The number of phenols is 1. The number of nitrogens with one attached hydrogen (secondary N) is 1. The third kappa shape index (κ3) is 3.81. The summed E-state index contributed by atoms with van der Waals surface area (Å²) in [5.74, 6) is -0.995. The first kappa shape index (κ1) is 20.5. The molecule has 158 valence electrons. The van der Waals surface area contributed by atoms with Gasteiger partial charge in [-0.1, -0.05) is 37.3 Å². The lowest BCUT2D eigenvalue weighted by atomic mass is 9.98. The van der Waals surface area contributed by atoms with E-state index in [4.69, 9.17) is 4.42 Å². The van der Waals surface area contributed by atoms with Gasteiger partial charge >= 0.3 is 6.18 Å². The van der Waals surface area contributed by atoms with Gasteiger partial charge in [-0.2, -0.15) is 13.2 Å². The maximum atomic E-state index is 13.9. The second-order valence-electron chi connectivity index (χ2n) is 8.07. The molecule has 1 aromatic heterocycles. The van der Waals surface area contributed by atoms with Crippen molar-refractivity contribution in [2.24, 2.45) is 5.92 Å². The first-order chi connectivity index (χ1) is 14.3. The minimum Gasteiger partial charge on any atom is -0.507 e. The first-order valence-electron chi connectivity index (χ1n) is 10.0. The molecule has 2 N–H and O–H groups in total. The van der Waals surface area contributed by atoms with Gasteiger partial charge in [-0.15, -0.1) is 0 Å². The molecule has 0 bridgehead atoms. The number of hydrogen-bond donors (Lipinski definition) is 2. The first-order valence-corrected chi connectivity index (χ1v) is 10.0. The van der Waals surface area contributed by atoms with Gasteiger partial charge in [-0.05, 0) is 30.5 Å². The fraction of sp³-hybridized carbons (Fsp3) is 0.348. The molecule has 2 aromatic carbocycles. The van der Waals surface area contributed by atoms with Crippen molar-refractivity contribution in [1.29, 1.82) is 0 Å². The summed E-state index contributed by atoms with van der Waals surface area (Å²) in [5.41, 5.74) is -1.05. The van der Waals surface area contributed by atoms with Crippen LogP contribution in [0.2, 0.25) is 0 Å². The van der Waals surface area contributed by atoms with Crippen molar-refractivity contribution >= 4 is 11.0 Å². The molecule has 0 spiro atoms. The smallest absolute Gasteiger partial charge is 0.450 e. The molecule has 0 radical (unpaired) electrons. The molecule has 2 heterocycles. The van der Waals surface area contributed by atoms with Crippen molar-refractivity contribution in [2.75, 3.05) is 13.1 Å². The van der Waals surface area contributed by atoms with Crippen molar-refractivity contribution in [3.63, 3.8) is 0 Å². The molecule has 1 unspecified atom stereocenters. The van der Waals surface area contributed by atoms with E-state index in [2.05, 4.69) is 6.92 Å². The number of benzene rings is 2. The van der Waals surface area contributed by atoms with Crippen LogP contribution in [0.15, 0.2) is 51.7 Å². The molecule has 3 aromatic rings. The molecule has 1 saturated heterocycles. The van der Waals surface area contributed by atoms with Crippen molar-refractivity contribution in [3.05, 3.63) is 64.0 Å². The fourth-order valence-electron chi connectivity index (χ4n) is 4.35. The van der Waals surface area contributed by atoms with Crippen LogP contribution in [0.4, 0.5) is 13.2 Å². The normalized spacial score (nSPS) is 19.9. The third-order valence-corrected chi connectivity index (χ3v) is 5.75. The SMILES string of the molecule is C[C@H]1CCC[NH+](Cc2c(O)ccc3c(=O)c(-c4ccccc4)c(C(F)(F)F)oc23)C1. The second kappa shape index (κ2) is 7.80. The number of rotatable bonds is 3. The zero-order valence-corrected chi connectivity index (χ0v) is 16.6. The van der Waals surface area contributed by atoms with Gasteiger partial charge in [0.1, 0.15) is 12.3 Å². The average Bonchev–Trinajstić information content (AvgIpc) is 2.70. The zero-order valence-electron chi connectivity index (χ0n) is 16.6. The molecule has 30 heavy (non-hydrogen) atoms. The molecule has 4 rings (SSSR count). The number of fused-ring (bicyclic) bond motifs is 1. The van der Waals surface area contributed by atoms with Gasteiger partial charge in [0.15, 0.2) is 5.58 Å². The van der Waals surface area contributed by atoms with E-state index >= 15 is 0 Å². The van der Waals surface area contributed by atoms with Gasteiger partial charge in [0, 0.05) is 5.92 Å². The predicted octanol–water partition coefficient (Wildman–Crippen LogP) is 4.00. The number of hydrogen-bond acceptors (Lipinski definition) is 3. The quantitative estimate of drug-likeness (QED) is 0.676. The number of piperidine rings is 1. The van der Waals surface area contributed by atoms with Crippen LogP contribution >= 0.6 is 0 Å². The van der Waals surface area contributed by atoms with E-state index in [1.54, 1.807) is 18.2 Å². The number of likely N-dealkylation sites (tertiary alicyclic amines) is 1. The van der Waals surface area contributed by atoms with Gasteiger partial charge in [-0.25, -0.2) is 0 Å². The van der Waals surface area contributed by atoms with E-state index in [1.165, 1.54) is 24.3 Å². The Morgan fingerprint density at radius 2 is 1.90 bits per heavy atom. The Labute approximate surface area is 171 Å². The van der Waals surface area contributed by atoms with Gasteiger partial charge in [-0.3, -0.25) is 4.79 Å². The number of halogens is 3. The number of alkyl halides is 3. The van der Waals surface area contributed by atoms with Gasteiger partial charge in [0.2, 0.25) is 11.2 Å². The van der Waals surface area contributed by atoms with Crippen LogP contribution in [0.3, 0.4) is 0 Å². The molecule has 0 saturated carbocycles. The summed E-state index contributed by atoms with van der Waals surface area (Å²) in [6.45, 7) is 4.15. The second-order valence-corrected chi connectivity index (χ2v) is 8.07. The molecule has 2 atom stereocenters. The molecule has 0 amide bonds. The maximum Gasteiger partial charge on any atom is 0.450 e. The number of phenolic OH excluding ortho intramolecular Hbond substituents is 1. The average molecular weight is 418 g/mol.